The van der Waals surface area contributed by atoms with Crippen molar-refractivity contribution in [1.82, 2.24) is 4.90 Å². The first-order valence-corrected chi connectivity index (χ1v) is 9.42. The van der Waals surface area contributed by atoms with E-state index in [2.05, 4.69) is 21.6 Å². The lowest BCUT2D eigenvalue weighted by atomic mass is 10.2. The van der Waals surface area contributed by atoms with Gasteiger partial charge in [-0.3, -0.25) is 4.79 Å². The van der Waals surface area contributed by atoms with Crippen molar-refractivity contribution in [2.75, 3.05) is 43.4 Å². The third-order valence-electron chi connectivity index (χ3n) is 4.57. The molecule has 2 aromatic rings. The zero-order valence-corrected chi connectivity index (χ0v) is 16.1. The SMILES string of the molecule is Cc1cccc(NC(=S)N2CC[NH+](CC(=O)Nc3ccc(F)cc3)CC2)c1. The van der Waals surface area contributed by atoms with Gasteiger partial charge < -0.3 is 20.4 Å². The van der Waals surface area contributed by atoms with E-state index in [-0.39, 0.29) is 11.7 Å². The van der Waals surface area contributed by atoms with E-state index in [1.54, 1.807) is 12.1 Å². The predicted molar refractivity (Wildman–Crippen MR) is 110 cm³/mol. The second kappa shape index (κ2) is 8.92. The molecule has 3 N–H and O–H groups in total. The average Bonchev–Trinajstić information content (AvgIpc) is 2.64. The first-order valence-electron chi connectivity index (χ1n) is 9.01. The summed E-state index contributed by atoms with van der Waals surface area (Å²) in [7, 11) is 0. The highest BCUT2D eigenvalue weighted by Gasteiger charge is 2.23. The fraction of sp³-hybridized carbons (Fsp3) is 0.300. The molecule has 1 aliphatic heterocycles. The summed E-state index contributed by atoms with van der Waals surface area (Å²) in [5, 5.41) is 6.81. The maximum absolute atomic E-state index is 12.9. The molecule has 0 spiro atoms. The van der Waals surface area contributed by atoms with Crippen LogP contribution in [0.2, 0.25) is 0 Å². The number of nitrogens with one attached hydrogen (secondary N) is 3. The molecule has 0 radical (unpaired) electrons. The van der Waals surface area contributed by atoms with Crippen LogP contribution in [0.4, 0.5) is 15.8 Å². The van der Waals surface area contributed by atoms with Crippen LogP contribution in [0.1, 0.15) is 5.56 Å². The highest BCUT2D eigenvalue weighted by Crippen LogP contribution is 2.11. The summed E-state index contributed by atoms with van der Waals surface area (Å²) in [6, 6.07) is 13.9. The van der Waals surface area contributed by atoms with Crippen LogP contribution < -0.4 is 15.5 Å². The molecular weight excluding hydrogens is 363 g/mol. The van der Waals surface area contributed by atoms with Gasteiger partial charge in [0, 0.05) is 11.4 Å². The molecule has 0 saturated carbocycles. The second-order valence-corrected chi connectivity index (χ2v) is 7.16. The van der Waals surface area contributed by atoms with E-state index in [0.717, 1.165) is 37.0 Å². The quantitative estimate of drug-likeness (QED) is 0.699. The maximum atomic E-state index is 12.9. The highest BCUT2D eigenvalue weighted by molar-refractivity contribution is 7.80. The lowest BCUT2D eigenvalue weighted by Crippen LogP contribution is -3.15. The first kappa shape index (κ1) is 19.3. The van der Waals surface area contributed by atoms with Gasteiger partial charge in [0.2, 0.25) is 0 Å². The van der Waals surface area contributed by atoms with Gasteiger partial charge in [0.25, 0.3) is 5.91 Å². The molecule has 27 heavy (non-hydrogen) atoms. The van der Waals surface area contributed by atoms with Crippen molar-refractivity contribution < 1.29 is 14.1 Å². The smallest absolute Gasteiger partial charge is 0.279 e. The topological polar surface area (TPSA) is 48.8 Å². The summed E-state index contributed by atoms with van der Waals surface area (Å²) >= 11 is 5.52. The molecular formula is C20H24FN4OS+. The van der Waals surface area contributed by atoms with Crippen molar-refractivity contribution in [2.45, 2.75) is 6.92 Å². The summed E-state index contributed by atoms with van der Waals surface area (Å²) in [4.78, 5) is 15.5. The number of anilines is 2. The van der Waals surface area contributed by atoms with E-state index in [4.69, 9.17) is 12.2 Å². The fourth-order valence-corrected chi connectivity index (χ4v) is 3.39. The molecule has 2 aromatic carbocycles. The fourth-order valence-electron chi connectivity index (χ4n) is 3.09. The minimum atomic E-state index is -0.315. The van der Waals surface area contributed by atoms with Crippen LogP contribution in [0.5, 0.6) is 0 Å². The van der Waals surface area contributed by atoms with Crippen molar-refractivity contribution in [3.05, 3.63) is 59.9 Å². The number of nitrogens with zero attached hydrogens (tertiary/aromatic N) is 1. The molecule has 0 bridgehead atoms. The molecule has 142 valence electrons. The van der Waals surface area contributed by atoms with Gasteiger partial charge >= 0.3 is 0 Å². The van der Waals surface area contributed by atoms with Gasteiger partial charge in [0.1, 0.15) is 5.82 Å². The Morgan fingerprint density at radius 1 is 1.11 bits per heavy atom. The molecule has 1 fully saturated rings. The van der Waals surface area contributed by atoms with Crippen molar-refractivity contribution in [3.63, 3.8) is 0 Å². The van der Waals surface area contributed by atoms with Gasteiger partial charge in [0.15, 0.2) is 11.7 Å². The van der Waals surface area contributed by atoms with E-state index < -0.39 is 0 Å². The number of piperazine rings is 1. The number of hydrogen-bond donors (Lipinski definition) is 3. The zero-order valence-electron chi connectivity index (χ0n) is 15.3. The predicted octanol–water partition coefficient (Wildman–Crippen LogP) is 1.67. The molecule has 5 nitrogen and oxygen atoms in total. The lowest BCUT2D eigenvalue weighted by Gasteiger charge is -2.33. The molecule has 3 rings (SSSR count). The summed E-state index contributed by atoms with van der Waals surface area (Å²) in [6.45, 7) is 5.73. The molecule has 0 unspecified atom stereocenters. The van der Waals surface area contributed by atoms with Gasteiger partial charge in [0.05, 0.1) is 26.2 Å². The van der Waals surface area contributed by atoms with E-state index >= 15 is 0 Å². The molecule has 0 atom stereocenters. The number of thiocarbonyl (C=S) groups is 1. The number of hydrogen-bond acceptors (Lipinski definition) is 2. The van der Waals surface area contributed by atoms with Crippen molar-refractivity contribution in [1.29, 1.82) is 0 Å². The lowest BCUT2D eigenvalue weighted by molar-refractivity contribution is -0.895. The van der Waals surface area contributed by atoms with Crippen LogP contribution in [0.15, 0.2) is 48.5 Å². The number of carbonyl (C=O) groups excluding carboxylic acids is 1. The number of halogens is 1. The Bertz CT molecular complexity index is 804. The standard InChI is InChI=1S/C20H23FN4OS/c1-15-3-2-4-18(13-15)23-20(27)25-11-9-24(10-12-25)14-19(26)22-17-7-5-16(21)6-8-17/h2-8,13H,9-12,14H2,1H3,(H,22,26)(H,23,27)/p+1. The van der Waals surface area contributed by atoms with Crippen LogP contribution in [0.3, 0.4) is 0 Å². The second-order valence-electron chi connectivity index (χ2n) is 6.77. The third-order valence-corrected chi connectivity index (χ3v) is 4.93. The summed E-state index contributed by atoms with van der Waals surface area (Å²) in [5.41, 5.74) is 2.79. The van der Waals surface area contributed by atoms with Crippen molar-refractivity contribution in [2.24, 2.45) is 0 Å². The van der Waals surface area contributed by atoms with Crippen LogP contribution >= 0.6 is 12.2 Å². The van der Waals surface area contributed by atoms with Crippen LogP contribution in [-0.4, -0.2) is 48.6 Å². The van der Waals surface area contributed by atoms with Crippen LogP contribution in [-0.2, 0) is 4.79 Å². The number of carbonyl (C=O) groups is 1. The number of rotatable bonds is 4. The first-order chi connectivity index (χ1) is 13.0. The molecule has 1 amide bonds. The normalized spacial score (nSPS) is 14.7. The van der Waals surface area contributed by atoms with Crippen LogP contribution in [0.25, 0.3) is 0 Å². The number of benzene rings is 2. The Hall–Kier alpha value is -2.51. The van der Waals surface area contributed by atoms with E-state index in [1.165, 1.54) is 22.6 Å². The van der Waals surface area contributed by atoms with Crippen molar-refractivity contribution >= 4 is 34.6 Å². The van der Waals surface area contributed by atoms with Gasteiger partial charge in [-0.15, -0.1) is 0 Å². The monoisotopic (exact) mass is 387 g/mol. The summed E-state index contributed by atoms with van der Waals surface area (Å²) < 4.78 is 12.9. The summed E-state index contributed by atoms with van der Waals surface area (Å²) in [6.07, 6.45) is 0. The molecule has 7 heteroatoms. The van der Waals surface area contributed by atoms with Gasteiger partial charge in [-0.2, -0.15) is 0 Å². The largest absolute Gasteiger partial charge is 0.338 e. The molecule has 1 aliphatic rings. The van der Waals surface area contributed by atoms with Crippen molar-refractivity contribution in [3.8, 4) is 0 Å². The Kier molecular flexibility index (Phi) is 6.36. The van der Waals surface area contributed by atoms with E-state index in [9.17, 15) is 9.18 Å². The third kappa shape index (κ3) is 5.74. The number of amides is 1. The Balaban J connectivity index is 1.43. The summed E-state index contributed by atoms with van der Waals surface area (Å²) in [5.74, 6) is -0.379. The number of aryl methyl sites for hydroxylation is 1. The number of quaternary nitrogens is 1. The average molecular weight is 388 g/mol. The molecule has 1 heterocycles. The van der Waals surface area contributed by atoms with E-state index in [0.29, 0.717) is 12.2 Å². The minimum absolute atomic E-state index is 0.0643. The van der Waals surface area contributed by atoms with Crippen LogP contribution in [0, 0.1) is 12.7 Å². The molecule has 1 saturated heterocycles. The Morgan fingerprint density at radius 2 is 1.81 bits per heavy atom. The molecule has 0 aliphatic carbocycles. The van der Waals surface area contributed by atoms with Gasteiger partial charge in [-0.25, -0.2) is 4.39 Å². The Morgan fingerprint density at radius 3 is 2.48 bits per heavy atom. The Labute approximate surface area is 164 Å². The van der Waals surface area contributed by atoms with Gasteiger partial charge in [-0.1, -0.05) is 12.1 Å². The zero-order chi connectivity index (χ0) is 19.2. The highest BCUT2D eigenvalue weighted by atomic mass is 32.1. The van der Waals surface area contributed by atoms with E-state index in [1.807, 2.05) is 25.1 Å². The van der Waals surface area contributed by atoms with Gasteiger partial charge in [-0.05, 0) is 61.1 Å². The maximum Gasteiger partial charge on any atom is 0.279 e. The minimum Gasteiger partial charge on any atom is -0.338 e. The molecule has 0 aromatic heterocycles.